The van der Waals surface area contributed by atoms with Crippen LogP contribution in [0.4, 0.5) is 4.79 Å². The third-order valence-electron chi connectivity index (χ3n) is 10.8. The standard InChI is InChI=1S/C40H61N5O8/c1-26(44(5)39(52)53-40(2,3)4)36(49)43-35(28-17-9-8-10-18-28)38(51)45-25-29(41-33(46)22-11-6-7-12-23-34(47)48)24-32(45)37(50)42-31-21-15-19-27-16-13-14-20-30(27)31/h13-14,16,20,26,28-29,31-32,35H,6-12,15,17-19,21-25H2,1-5H3,(H,41,46)(H,42,50)(H,43,49)(H,47,48)/t26-,29-,31+,32-,35-/m0/s1. The molecule has 0 unspecified atom stereocenters. The fraction of sp³-hybridized carbons (Fsp3) is 0.700. The van der Waals surface area contributed by atoms with Crippen LogP contribution < -0.4 is 16.0 Å². The van der Waals surface area contributed by atoms with Gasteiger partial charge >= 0.3 is 12.1 Å². The van der Waals surface area contributed by atoms with Crippen LogP contribution in [0.2, 0.25) is 0 Å². The van der Waals surface area contributed by atoms with Crippen LogP contribution in [-0.4, -0.2) is 94.0 Å². The first-order valence-corrected chi connectivity index (χ1v) is 19.6. The number of aryl methyl sites for hydroxylation is 1. The van der Waals surface area contributed by atoms with Crippen LogP contribution in [0, 0.1) is 5.92 Å². The molecule has 1 aliphatic heterocycles. The molecule has 1 saturated carbocycles. The summed E-state index contributed by atoms with van der Waals surface area (Å²) in [7, 11) is 1.49. The highest BCUT2D eigenvalue weighted by Gasteiger charge is 2.45. The van der Waals surface area contributed by atoms with E-state index in [4.69, 9.17) is 9.84 Å². The van der Waals surface area contributed by atoms with Gasteiger partial charge in [-0.15, -0.1) is 0 Å². The number of aliphatic carboxylic acids is 1. The smallest absolute Gasteiger partial charge is 0.410 e. The molecule has 3 aliphatic rings. The minimum absolute atomic E-state index is 0.107. The number of benzene rings is 1. The van der Waals surface area contributed by atoms with Gasteiger partial charge < -0.3 is 30.7 Å². The molecule has 0 radical (unpaired) electrons. The molecule has 294 valence electrons. The van der Waals surface area contributed by atoms with Crippen molar-refractivity contribution >= 4 is 35.7 Å². The zero-order valence-electron chi connectivity index (χ0n) is 32.3. The molecule has 1 heterocycles. The molecule has 1 saturated heterocycles. The number of likely N-dealkylation sites (tertiary alicyclic amines) is 1. The molecule has 13 heteroatoms. The van der Waals surface area contributed by atoms with Gasteiger partial charge in [0, 0.05) is 32.5 Å². The Hall–Kier alpha value is -4.16. The van der Waals surface area contributed by atoms with Gasteiger partial charge in [0.05, 0.1) is 6.04 Å². The number of carboxylic acid groups (broad SMARTS) is 1. The topological polar surface area (TPSA) is 174 Å². The number of carboxylic acids is 1. The molecule has 53 heavy (non-hydrogen) atoms. The number of nitrogens with zero attached hydrogens (tertiary/aromatic N) is 2. The summed E-state index contributed by atoms with van der Waals surface area (Å²) in [6.07, 6.45) is 9.56. The number of nitrogens with one attached hydrogen (secondary N) is 3. The highest BCUT2D eigenvalue weighted by Crippen LogP contribution is 2.32. The maximum atomic E-state index is 14.7. The summed E-state index contributed by atoms with van der Waals surface area (Å²) in [4.78, 5) is 82.1. The highest BCUT2D eigenvalue weighted by molar-refractivity contribution is 5.94. The molecular formula is C40H61N5O8. The zero-order valence-corrected chi connectivity index (χ0v) is 32.3. The van der Waals surface area contributed by atoms with Crippen LogP contribution in [0.25, 0.3) is 0 Å². The van der Waals surface area contributed by atoms with Gasteiger partial charge in [0.15, 0.2) is 0 Å². The van der Waals surface area contributed by atoms with Crippen molar-refractivity contribution in [2.45, 2.75) is 160 Å². The highest BCUT2D eigenvalue weighted by atomic mass is 16.6. The second-order valence-corrected chi connectivity index (χ2v) is 16.1. The van der Waals surface area contributed by atoms with Crippen molar-refractivity contribution in [3.63, 3.8) is 0 Å². The van der Waals surface area contributed by atoms with Crippen molar-refractivity contribution in [1.82, 2.24) is 25.8 Å². The molecule has 5 atom stereocenters. The van der Waals surface area contributed by atoms with Crippen molar-refractivity contribution in [2.75, 3.05) is 13.6 Å². The second kappa shape index (κ2) is 19.3. The Kier molecular flexibility index (Phi) is 15.1. The van der Waals surface area contributed by atoms with E-state index in [9.17, 15) is 28.8 Å². The predicted molar refractivity (Wildman–Crippen MR) is 200 cm³/mol. The zero-order chi connectivity index (χ0) is 38.7. The number of hydrogen-bond donors (Lipinski definition) is 4. The lowest BCUT2D eigenvalue weighted by atomic mass is 9.83. The summed E-state index contributed by atoms with van der Waals surface area (Å²) in [5, 5.41) is 18.1. The van der Waals surface area contributed by atoms with Crippen LogP contribution in [0.3, 0.4) is 0 Å². The molecule has 0 spiro atoms. The van der Waals surface area contributed by atoms with Crippen LogP contribution in [0.1, 0.15) is 135 Å². The van der Waals surface area contributed by atoms with Crippen LogP contribution in [0.5, 0.6) is 0 Å². The lowest BCUT2D eigenvalue weighted by Gasteiger charge is -2.36. The number of unbranched alkanes of at least 4 members (excludes halogenated alkanes) is 3. The van der Waals surface area contributed by atoms with Gasteiger partial charge in [-0.3, -0.25) is 28.9 Å². The second-order valence-electron chi connectivity index (χ2n) is 16.1. The van der Waals surface area contributed by atoms with Crippen molar-refractivity contribution < 1.29 is 38.6 Å². The summed E-state index contributed by atoms with van der Waals surface area (Å²) < 4.78 is 5.47. The van der Waals surface area contributed by atoms with E-state index in [2.05, 4.69) is 22.0 Å². The van der Waals surface area contributed by atoms with Gasteiger partial charge in [-0.2, -0.15) is 0 Å². The first-order valence-electron chi connectivity index (χ1n) is 19.6. The van der Waals surface area contributed by atoms with E-state index in [-0.39, 0.29) is 55.5 Å². The molecule has 0 bridgehead atoms. The first-order chi connectivity index (χ1) is 25.1. The van der Waals surface area contributed by atoms with E-state index in [0.29, 0.717) is 12.8 Å². The average molecular weight is 740 g/mol. The molecular weight excluding hydrogens is 678 g/mol. The Morgan fingerprint density at radius 2 is 1.60 bits per heavy atom. The summed E-state index contributed by atoms with van der Waals surface area (Å²) in [5.41, 5.74) is 1.52. The molecule has 0 aromatic heterocycles. The molecule has 4 N–H and O–H groups in total. The molecule has 2 aliphatic carbocycles. The van der Waals surface area contributed by atoms with E-state index in [0.717, 1.165) is 69.8 Å². The number of fused-ring (bicyclic) bond motifs is 1. The van der Waals surface area contributed by atoms with Crippen LogP contribution in [-0.2, 0) is 35.1 Å². The van der Waals surface area contributed by atoms with Crippen LogP contribution in [0.15, 0.2) is 24.3 Å². The third kappa shape index (κ3) is 12.2. The van der Waals surface area contributed by atoms with Gasteiger partial charge in [-0.1, -0.05) is 56.4 Å². The van der Waals surface area contributed by atoms with Crippen molar-refractivity contribution in [1.29, 1.82) is 0 Å². The van der Waals surface area contributed by atoms with E-state index >= 15 is 0 Å². The fourth-order valence-corrected chi connectivity index (χ4v) is 7.79. The van der Waals surface area contributed by atoms with Gasteiger partial charge in [0.25, 0.3) is 0 Å². The Morgan fingerprint density at radius 1 is 0.925 bits per heavy atom. The molecule has 1 aromatic carbocycles. The fourth-order valence-electron chi connectivity index (χ4n) is 7.79. The predicted octanol–water partition coefficient (Wildman–Crippen LogP) is 5.01. The Morgan fingerprint density at radius 3 is 2.28 bits per heavy atom. The van der Waals surface area contributed by atoms with Crippen molar-refractivity contribution in [3.8, 4) is 0 Å². The van der Waals surface area contributed by atoms with E-state index in [1.807, 2.05) is 18.2 Å². The van der Waals surface area contributed by atoms with Gasteiger partial charge in [-0.05, 0) is 96.1 Å². The number of hydrogen-bond acceptors (Lipinski definition) is 7. The average Bonchev–Trinajstić information content (AvgIpc) is 3.54. The SMILES string of the molecule is C[C@@H](C(=O)N[C@H](C(=O)N1C[C@@H](NC(=O)CCCCCCC(=O)O)C[C@H]1C(=O)N[C@@H]1CCCc2ccccc21)C1CCCCC1)N(C)C(=O)OC(C)(C)C. The Bertz CT molecular complexity index is 1450. The number of amides is 5. The molecule has 13 nitrogen and oxygen atoms in total. The van der Waals surface area contributed by atoms with Gasteiger partial charge in [0.2, 0.25) is 23.6 Å². The Balaban J connectivity index is 1.52. The number of likely N-dealkylation sites (N-methyl/N-ethyl adjacent to an activating group) is 1. The van der Waals surface area contributed by atoms with E-state index in [1.165, 1.54) is 17.5 Å². The summed E-state index contributed by atoms with van der Waals surface area (Å²) >= 11 is 0. The van der Waals surface area contributed by atoms with Gasteiger partial charge in [-0.25, -0.2) is 4.79 Å². The molecule has 2 fully saturated rings. The monoisotopic (exact) mass is 739 g/mol. The molecule has 1 aromatic rings. The maximum Gasteiger partial charge on any atom is 0.410 e. The number of rotatable bonds is 15. The maximum absolute atomic E-state index is 14.7. The first kappa shape index (κ1) is 41.6. The largest absolute Gasteiger partial charge is 0.481 e. The minimum Gasteiger partial charge on any atom is -0.481 e. The third-order valence-corrected chi connectivity index (χ3v) is 10.8. The number of carbonyl (C=O) groups is 6. The van der Waals surface area contributed by atoms with Crippen molar-refractivity contribution in [2.24, 2.45) is 5.92 Å². The van der Waals surface area contributed by atoms with Crippen molar-refractivity contribution in [3.05, 3.63) is 35.4 Å². The normalized spacial score (nSPS) is 21.5. The summed E-state index contributed by atoms with van der Waals surface area (Å²) in [5.74, 6) is -2.31. The van der Waals surface area contributed by atoms with Crippen LogP contribution >= 0.6 is 0 Å². The van der Waals surface area contributed by atoms with E-state index < -0.39 is 47.7 Å². The van der Waals surface area contributed by atoms with Gasteiger partial charge in [0.1, 0.15) is 23.7 Å². The lowest BCUT2D eigenvalue weighted by molar-refractivity contribution is -0.143. The molecule has 5 amide bonds. The summed E-state index contributed by atoms with van der Waals surface area (Å²) in [6.45, 7) is 6.95. The summed E-state index contributed by atoms with van der Waals surface area (Å²) in [6, 6.07) is 4.71. The number of carbonyl (C=O) groups excluding carboxylic acids is 5. The number of ether oxygens (including phenoxy) is 1. The Labute approximate surface area is 314 Å². The lowest BCUT2D eigenvalue weighted by Crippen LogP contribution is -2.59. The minimum atomic E-state index is -0.927. The molecule has 4 rings (SSSR count). The van der Waals surface area contributed by atoms with E-state index in [1.54, 1.807) is 32.6 Å². The quantitative estimate of drug-likeness (QED) is 0.182.